The van der Waals surface area contributed by atoms with Crippen molar-refractivity contribution in [2.24, 2.45) is 0 Å². The number of para-hydroxylation sites is 1. The molecule has 3 aromatic rings. The highest BCUT2D eigenvalue weighted by Crippen LogP contribution is 2.29. The largest absolute Gasteiger partial charge is 0.490 e. The monoisotopic (exact) mass is 445 g/mol. The molecular weight excluding hydrogens is 425 g/mol. The molecule has 0 bridgehead atoms. The molecular formula is C21H20FN3O3S2. The predicted octanol–water partition coefficient (Wildman–Crippen LogP) is 4.78. The van der Waals surface area contributed by atoms with Crippen LogP contribution in [0.25, 0.3) is 0 Å². The number of hydrogen-bond acceptors (Lipinski definition) is 7. The normalized spacial score (nSPS) is 15.8. The van der Waals surface area contributed by atoms with E-state index in [1.54, 1.807) is 30.3 Å². The Bertz CT molecular complexity index is 991. The van der Waals surface area contributed by atoms with Crippen molar-refractivity contribution in [1.29, 1.82) is 0 Å². The molecule has 1 N–H and O–H groups in total. The van der Waals surface area contributed by atoms with Crippen LogP contribution in [-0.2, 0) is 10.5 Å². The summed E-state index contributed by atoms with van der Waals surface area (Å²) in [4.78, 5) is 12.7. The minimum absolute atomic E-state index is 0.0740. The van der Waals surface area contributed by atoms with Crippen LogP contribution >= 0.6 is 23.1 Å². The Morgan fingerprint density at radius 3 is 2.87 bits per heavy atom. The van der Waals surface area contributed by atoms with Crippen molar-refractivity contribution in [3.63, 3.8) is 0 Å². The lowest BCUT2D eigenvalue weighted by Gasteiger charge is -2.14. The molecule has 0 saturated carbocycles. The molecule has 0 aliphatic carbocycles. The maximum atomic E-state index is 13.0. The van der Waals surface area contributed by atoms with Crippen LogP contribution in [0.2, 0.25) is 0 Å². The highest BCUT2D eigenvalue weighted by atomic mass is 32.2. The first kappa shape index (κ1) is 20.8. The van der Waals surface area contributed by atoms with Crippen molar-refractivity contribution < 1.29 is 18.7 Å². The van der Waals surface area contributed by atoms with E-state index in [0.717, 1.165) is 29.4 Å². The zero-order valence-corrected chi connectivity index (χ0v) is 17.7. The van der Waals surface area contributed by atoms with Crippen LogP contribution in [0.5, 0.6) is 5.75 Å². The summed E-state index contributed by atoms with van der Waals surface area (Å²) in [6.45, 7) is 1.18. The van der Waals surface area contributed by atoms with Gasteiger partial charge in [0, 0.05) is 12.4 Å². The van der Waals surface area contributed by atoms with E-state index in [2.05, 4.69) is 15.5 Å². The van der Waals surface area contributed by atoms with Gasteiger partial charge in [-0.25, -0.2) is 4.39 Å². The van der Waals surface area contributed by atoms with Crippen LogP contribution in [0.4, 0.5) is 9.52 Å². The van der Waals surface area contributed by atoms with Crippen molar-refractivity contribution in [1.82, 2.24) is 10.2 Å². The number of halogens is 1. The van der Waals surface area contributed by atoms with Gasteiger partial charge in [-0.05, 0) is 42.7 Å². The molecule has 4 rings (SSSR count). The van der Waals surface area contributed by atoms with Gasteiger partial charge < -0.3 is 9.47 Å². The van der Waals surface area contributed by atoms with Crippen LogP contribution in [-0.4, -0.2) is 35.4 Å². The number of amides is 1. The second kappa shape index (κ2) is 10.0. The number of carbonyl (C=O) groups is 1. The van der Waals surface area contributed by atoms with E-state index >= 15 is 0 Å². The number of nitrogens with zero attached hydrogens (tertiary/aromatic N) is 2. The number of hydrogen-bond donors (Lipinski definition) is 1. The first-order valence-corrected chi connectivity index (χ1v) is 11.3. The lowest BCUT2D eigenvalue weighted by molar-refractivity contribution is 0.0673. The number of aromatic nitrogens is 2. The van der Waals surface area contributed by atoms with Crippen molar-refractivity contribution in [3.05, 3.63) is 65.5 Å². The fourth-order valence-corrected chi connectivity index (χ4v) is 4.65. The Morgan fingerprint density at radius 1 is 1.23 bits per heavy atom. The van der Waals surface area contributed by atoms with Gasteiger partial charge in [0.15, 0.2) is 4.34 Å². The fourth-order valence-electron chi connectivity index (χ4n) is 2.95. The fraction of sp³-hybridized carbons (Fsp3) is 0.286. The van der Waals surface area contributed by atoms with Gasteiger partial charge in [0.1, 0.15) is 18.2 Å². The molecule has 1 aromatic heterocycles. The van der Waals surface area contributed by atoms with Crippen molar-refractivity contribution in [2.75, 3.05) is 18.5 Å². The van der Waals surface area contributed by atoms with Crippen LogP contribution in [0.15, 0.2) is 52.9 Å². The van der Waals surface area contributed by atoms with Crippen molar-refractivity contribution in [2.45, 2.75) is 29.0 Å². The van der Waals surface area contributed by atoms with Gasteiger partial charge >= 0.3 is 0 Å². The van der Waals surface area contributed by atoms with E-state index in [0.29, 0.717) is 28.8 Å². The molecule has 1 aliphatic heterocycles. The topological polar surface area (TPSA) is 73.3 Å². The molecule has 0 radical (unpaired) electrons. The Kier molecular flexibility index (Phi) is 6.93. The first-order chi connectivity index (χ1) is 14.7. The quantitative estimate of drug-likeness (QED) is 0.397. The second-order valence-electron chi connectivity index (χ2n) is 6.68. The van der Waals surface area contributed by atoms with Crippen molar-refractivity contribution in [3.8, 4) is 5.75 Å². The minimum Gasteiger partial charge on any atom is -0.490 e. The Morgan fingerprint density at radius 2 is 2.07 bits per heavy atom. The molecule has 156 valence electrons. The third-order valence-electron chi connectivity index (χ3n) is 4.48. The highest BCUT2D eigenvalue weighted by molar-refractivity contribution is 8.00. The van der Waals surface area contributed by atoms with Crippen LogP contribution in [0, 0.1) is 5.82 Å². The summed E-state index contributed by atoms with van der Waals surface area (Å²) >= 11 is 2.77. The lowest BCUT2D eigenvalue weighted by atomic mass is 10.2. The van der Waals surface area contributed by atoms with Gasteiger partial charge in [-0.2, -0.15) is 0 Å². The first-order valence-electron chi connectivity index (χ1n) is 9.53. The minimum atomic E-state index is -0.302. The molecule has 2 heterocycles. The lowest BCUT2D eigenvalue weighted by Crippen LogP contribution is -2.19. The van der Waals surface area contributed by atoms with Gasteiger partial charge in [-0.3, -0.25) is 10.1 Å². The molecule has 9 heteroatoms. The Balaban J connectivity index is 1.34. The summed E-state index contributed by atoms with van der Waals surface area (Å²) in [7, 11) is 0. The average molecular weight is 446 g/mol. The predicted molar refractivity (Wildman–Crippen MR) is 115 cm³/mol. The van der Waals surface area contributed by atoms with Gasteiger partial charge in [0.05, 0.1) is 11.7 Å². The van der Waals surface area contributed by atoms with Gasteiger partial charge in [0.25, 0.3) is 5.91 Å². The third kappa shape index (κ3) is 5.56. The van der Waals surface area contributed by atoms with Gasteiger partial charge in [-0.15, -0.1) is 10.2 Å². The van der Waals surface area contributed by atoms with E-state index in [4.69, 9.17) is 9.47 Å². The standard InChI is InChI=1S/C21H20FN3O3S2/c22-15-9-7-14(8-10-15)13-29-21-25-24-20(30-21)23-19(26)17-5-1-2-6-18(17)28-12-16-4-3-11-27-16/h1-2,5-10,16H,3-4,11-13H2,(H,23,24,26). The molecule has 1 atom stereocenters. The number of carbonyl (C=O) groups excluding carboxylic acids is 1. The summed E-state index contributed by atoms with van der Waals surface area (Å²) in [5.74, 6) is 0.595. The summed E-state index contributed by atoms with van der Waals surface area (Å²) in [6.07, 6.45) is 2.08. The van der Waals surface area contributed by atoms with Gasteiger partial charge in [0.2, 0.25) is 5.13 Å². The van der Waals surface area contributed by atoms with Gasteiger partial charge in [-0.1, -0.05) is 47.4 Å². The zero-order valence-electron chi connectivity index (χ0n) is 16.0. The van der Waals surface area contributed by atoms with E-state index in [-0.39, 0.29) is 17.8 Å². The highest BCUT2D eigenvalue weighted by Gasteiger charge is 2.19. The molecule has 2 aromatic carbocycles. The van der Waals surface area contributed by atoms with E-state index in [1.165, 1.54) is 35.2 Å². The van der Waals surface area contributed by atoms with Crippen LogP contribution < -0.4 is 10.1 Å². The summed E-state index contributed by atoms with van der Waals surface area (Å²) in [5, 5.41) is 11.3. The molecule has 30 heavy (non-hydrogen) atoms. The van der Waals surface area contributed by atoms with Crippen molar-refractivity contribution >= 4 is 34.1 Å². The average Bonchev–Trinajstić information content (AvgIpc) is 3.44. The molecule has 1 aliphatic rings. The van der Waals surface area contributed by atoms with Crippen LogP contribution in [0.3, 0.4) is 0 Å². The second-order valence-corrected chi connectivity index (χ2v) is 8.88. The SMILES string of the molecule is O=C(Nc1nnc(SCc2ccc(F)cc2)s1)c1ccccc1OCC1CCCO1. The number of thioether (sulfide) groups is 1. The molecule has 1 saturated heterocycles. The number of nitrogens with one attached hydrogen (secondary N) is 1. The van der Waals surface area contributed by atoms with Crippen LogP contribution in [0.1, 0.15) is 28.8 Å². The molecule has 6 nitrogen and oxygen atoms in total. The number of ether oxygens (including phenoxy) is 2. The number of rotatable bonds is 8. The zero-order chi connectivity index (χ0) is 20.8. The van der Waals surface area contributed by atoms with E-state index in [9.17, 15) is 9.18 Å². The maximum absolute atomic E-state index is 13.0. The Labute approximate surface area is 181 Å². The third-order valence-corrected chi connectivity index (χ3v) is 6.53. The maximum Gasteiger partial charge on any atom is 0.261 e. The summed E-state index contributed by atoms with van der Waals surface area (Å²) in [6, 6.07) is 13.4. The molecule has 1 fully saturated rings. The van der Waals surface area contributed by atoms with E-state index < -0.39 is 0 Å². The molecule has 1 amide bonds. The number of anilines is 1. The Hall–Kier alpha value is -2.49. The molecule has 1 unspecified atom stereocenters. The molecule has 0 spiro atoms. The number of benzene rings is 2. The summed E-state index contributed by atoms with van der Waals surface area (Å²) in [5.41, 5.74) is 1.42. The summed E-state index contributed by atoms with van der Waals surface area (Å²) < 4.78 is 25.1. The smallest absolute Gasteiger partial charge is 0.261 e. The van der Waals surface area contributed by atoms with E-state index in [1.807, 2.05) is 6.07 Å².